The second-order valence-corrected chi connectivity index (χ2v) is 6.79. The minimum Gasteiger partial charge on any atom is -0.381 e. The Kier molecular flexibility index (Phi) is 4.54. The number of nitrogens with two attached hydrogens (primary N) is 1. The zero-order valence-electron chi connectivity index (χ0n) is 14.6. The lowest BCUT2D eigenvalue weighted by atomic mass is 10.0. The van der Waals surface area contributed by atoms with Crippen LogP contribution in [0.25, 0.3) is 0 Å². The van der Waals surface area contributed by atoms with Gasteiger partial charge in [0, 0.05) is 64.2 Å². The van der Waals surface area contributed by atoms with Crippen LogP contribution in [0.5, 0.6) is 0 Å². The largest absolute Gasteiger partial charge is 0.381 e. The van der Waals surface area contributed by atoms with Crippen molar-refractivity contribution < 1.29 is 4.74 Å². The first-order chi connectivity index (χ1) is 12.2. The topological polar surface area (TPSA) is 85.3 Å². The van der Waals surface area contributed by atoms with Crippen LogP contribution < -0.4 is 10.6 Å². The van der Waals surface area contributed by atoms with Crippen molar-refractivity contribution in [1.82, 2.24) is 24.4 Å². The SMILES string of the molecule is Cn1ccnc1CN1CCN(c2cc(C3CCOC3)nc(N)n2)CC1. The number of aryl methyl sites for hydroxylation is 1. The van der Waals surface area contributed by atoms with E-state index in [1.165, 1.54) is 0 Å². The van der Waals surface area contributed by atoms with Crippen molar-refractivity contribution in [1.29, 1.82) is 0 Å². The van der Waals surface area contributed by atoms with Crippen molar-refractivity contribution in [2.75, 3.05) is 50.0 Å². The Morgan fingerprint density at radius 1 is 1.24 bits per heavy atom. The summed E-state index contributed by atoms with van der Waals surface area (Å²) in [5.41, 5.74) is 6.97. The monoisotopic (exact) mass is 343 g/mol. The molecule has 2 saturated heterocycles. The molecule has 8 nitrogen and oxygen atoms in total. The molecule has 1 atom stereocenters. The summed E-state index contributed by atoms with van der Waals surface area (Å²) < 4.78 is 7.56. The minimum absolute atomic E-state index is 0.341. The van der Waals surface area contributed by atoms with Crippen LogP contribution in [0.4, 0.5) is 11.8 Å². The lowest BCUT2D eigenvalue weighted by Gasteiger charge is -2.35. The van der Waals surface area contributed by atoms with E-state index in [1.54, 1.807) is 0 Å². The van der Waals surface area contributed by atoms with Gasteiger partial charge in [0.2, 0.25) is 5.95 Å². The molecule has 2 aromatic heterocycles. The molecule has 0 spiro atoms. The minimum atomic E-state index is 0.341. The summed E-state index contributed by atoms with van der Waals surface area (Å²) in [6.45, 7) is 6.25. The van der Waals surface area contributed by atoms with Gasteiger partial charge in [0.05, 0.1) is 18.8 Å². The maximum atomic E-state index is 5.96. The zero-order valence-corrected chi connectivity index (χ0v) is 14.6. The molecule has 0 radical (unpaired) electrons. The smallest absolute Gasteiger partial charge is 0.222 e. The summed E-state index contributed by atoms with van der Waals surface area (Å²) in [6.07, 6.45) is 4.85. The molecule has 2 aliphatic rings. The number of hydrogen-bond acceptors (Lipinski definition) is 7. The van der Waals surface area contributed by atoms with Crippen molar-refractivity contribution in [3.63, 3.8) is 0 Å². The van der Waals surface area contributed by atoms with Gasteiger partial charge in [-0.15, -0.1) is 0 Å². The number of anilines is 2. The maximum absolute atomic E-state index is 5.96. The Balaban J connectivity index is 1.41. The van der Waals surface area contributed by atoms with Crippen LogP contribution in [0.15, 0.2) is 18.5 Å². The third kappa shape index (κ3) is 3.59. The quantitative estimate of drug-likeness (QED) is 0.871. The fraction of sp³-hybridized carbons (Fsp3) is 0.588. The average molecular weight is 343 g/mol. The van der Waals surface area contributed by atoms with Crippen LogP contribution in [0.1, 0.15) is 23.9 Å². The van der Waals surface area contributed by atoms with E-state index in [9.17, 15) is 0 Å². The van der Waals surface area contributed by atoms with Crippen molar-refractivity contribution in [2.24, 2.45) is 7.05 Å². The van der Waals surface area contributed by atoms with Crippen LogP contribution in [0.2, 0.25) is 0 Å². The third-order valence-electron chi connectivity index (χ3n) is 5.08. The van der Waals surface area contributed by atoms with E-state index in [-0.39, 0.29) is 0 Å². The molecule has 4 rings (SSSR count). The molecule has 4 heterocycles. The van der Waals surface area contributed by atoms with E-state index in [4.69, 9.17) is 10.5 Å². The van der Waals surface area contributed by atoms with Crippen LogP contribution in [-0.4, -0.2) is 63.8 Å². The summed E-state index contributed by atoms with van der Waals surface area (Å²) in [6, 6.07) is 2.09. The number of aromatic nitrogens is 4. The summed E-state index contributed by atoms with van der Waals surface area (Å²) in [4.78, 5) is 18.0. The number of rotatable bonds is 4. The van der Waals surface area contributed by atoms with Gasteiger partial charge >= 0.3 is 0 Å². The van der Waals surface area contributed by atoms with Gasteiger partial charge in [-0.3, -0.25) is 4.90 Å². The summed E-state index contributed by atoms with van der Waals surface area (Å²) in [5.74, 6) is 2.73. The first-order valence-corrected chi connectivity index (χ1v) is 8.85. The molecule has 2 aliphatic heterocycles. The number of piperazine rings is 1. The van der Waals surface area contributed by atoms with Gasteiger partial charge in [-0.25, -0.2) is 9.97 Å². The molecular weight excluding hydrogens is 318 g/mol. The lowest BCUT2D eigenvalue weighted by molar-refractivity contribution is 0.193. The Labute approximate surface area is 147 Å². The average Bonchev–Trinajstić information content (AvgIpc) is 3.28. The van der Waals surface area contributed by atoms with Gasteiger partial charge in [-0.2, -0.15) is 4.98 Å². The fourth-order valence-corrected chi connectivity index (χ4v) is 3.49. The number of imidazole rings is 1. The van der Waals surface area contributed by atoms with E-state index in [1.807, 2.05) is 19.4 Å². The third-order valence-corrected chi connectivity index (χ3v) is 5.08. The molecule has 1 unspecified atom stereocenters. The molecule has 0 aromatic carbocycles. The highest BCUT2D eigenvalue weighted by Gasteiger charge is 2.23. The summed E-state index contributed by atoms with van der Waals surface area (Å²) >= 11 is 0. The van der Waals surface area contributed by atoms with Crippen molar-refractivity contribution >= 4 is 11.8 Å². The number of nitrogen functional groups attached to an aromatic ring is 1. The van der Waals surface area contributed by atoms with Gasteiger partial charge in [0.15, 0.2) is 0 Å². The van der Waals surface area contributed by atoms with Crippen LogP contribution in [0.3, 0.4) is 0 Å². The first-order valence-electron chi connectivity index (χ1n) is 8.85. The van der Waals surface area contributed by atoms with Gasteiger partial charge in [0.25, 0.3) is 0 Å². The molecule has 2 N–H and O–H groups in total. The van der Waals surface area contributed by atoms with Crippen molar-refractivity contribution in [3.8, 4) is 0 Å². The summed E-state index contributed by atoms with van der Waals surface area (Å²) in [7, 11) is 2.04. The second-order valence-electron chi connectivity index (χ2n) is 6.79. The molecule has 2 aromatic rings. The Morgan fingerprint density at radius 3 is 2.76 bits per heavy atom. The number of hydrogen-bond donors (Lipinski definition) is 1. The van der Waals surface area contributed by atoms with Crippen molar-refractivity contribution in [2.45, 2.75) is 18.9 Å². The molecule has 0 saturated carbocycles. The van der Waals surface area contributed by atoms with Crippen molar-refractivity contribution in [3.05, 3.63) is 30.0 Å². The Hall–Kier alpha value is -2.19. The number of nitrogens with zero attached hydrogens (tertiary/aromatic N) is 6. The normalized spacial score (nSPS) is 21.8. The molecule has 25 heavy (non-hydrogen) atoms. The molecular formula is C17H25N7O. The molecule has 8 heteroatoms. The second kappa shape index (κ2) is 6.97. The van der Waals surface area contributed by atoms with Gasteiger partial charge in [-0.1, -0.05) is 0 Å². The highest BCUT2D eigenvalue weighted by molar-refractivity contribution is 5.45. The fourth-order valence-electron chi connectivity index (χ4n) is 3.49. The first kappa shape index (κ1) is 16.3. The molecule has 0 bridgehead atoms. The molecule has 0 aliphatic carbocycles. The predicted octanol–water partition coefficient (Wildman–Crippen LogP) is 0.618. The van der Waals surface area contributed by atoms with E-state index >= 15 is 0 Å². The van der Waals surface area contributed by atoms with Crippen LogP contribution >= 0.6 is 0 Å². The highest BCUT2D eigenvalue weighted by Crippen LogP contribution is 2.27. The van der Waals surface area contributed by atoms with E-state index in [0.29, 0.717) is 11.9 Å². The van der Waals surface area contributed by atoms with E-state index < -0.39 is 0 Å². The highest BCUT2D eigenvalue weighted by atomic mass is 16.5. The Morgan fingerprint density at radius 2 is 2.08 bits per heavy atom. The maximum Gasteiger partial charge on any atom is 0.222 e. The van der Waals surface area contributed by atoms with Crippen LogP contribution in [0, 0.1) is 0 Å². The zero-order chi connectivity index (χ0) is 17.2. The van der Waals surface area contributed by atoms with Gasteiger partial charge in [0.1, 0.15) is 11.6 Å². The molecule has 2 fully saturated rings. The Bertz CT molecular complexity index is 718. The molecule has 0 amide bonds. The lowest BCUT2D eigenvalue weighted by Crippen LogP contribution is -2.46. The van der Waals surface area contributed by atoms with E-state index in [2.05, 4.69) is 35.4 Å². The van der Waals surface area contributed by atoms with Gasteiger partial charge in [-0.05, 0) is 6.42 Å². The predicted molar refractivity (Wildman–Crippen MR) is 95.3 cm³/mol. The molecule has 134 valence electrons. The number of ether oxygens (including phenoxy) is 1. The van der Waals surface area contributed by atoms with Gasteiger partial charge < -0.3 is 19.9 Å². The standard InChI is InChI=1S/C17H25N7O/c1-22-4-3-19-16(22)11-23-5-7-24(8-6-23)15-10-14(20-17(18)21-15)13-2-9-25-12-13/h3-4,10,13H,2,5-9,11-12H2,1H3,(H2,18,20,21). The van der Waals surface area contributed by atoms with E-state index in [0.717, 1.165) is 69.7 Å². The van der Waals surface area contributed by atoms with Crippen LogP contribution in [-0.2, 0) is 18.3 Å². The summed E-state index contributed by atoms with van der Waals surface area (Å²) in [5, 5.41) is 0.